The maximum absolute atomic E-state index is 12.3. The van der Waals surface area contributed by atoms with E-state index in [1.54, 1.807) is 7.11 Å². The molecule has 0 radical (unpaired) electrons. The minimum Gasteiger partial charge on any atom is -0.377 e. The SMILES string of the molecule is CC[C@@H]1CN(CC(=O)Nc2nnc(COC)s2)CC[C@@H]1NC(=O)CC(C)C. The first-order valence-corrected chi connectivity index (χ1v) is 10.4. The lowest BCUT2D eigenvalue weighted by atomic mass is 9.89. The number of aromatic nitrogens is 2. The van der Waals surface area contributed by atoms with Crippen LogP contribution in [0.3, 0.4) is 0 Å². The van der Waals surface area contributed by atoms with Gasteiger partial charge in [0.2, 0.25) is 16.9 Å². The third kappa shape index (κ3) is 7.15. The van der Waals surface area contributed by atoms with Gasteiger partial charge in [-0.1, -0.05) is 38.5 Å². The maximum atomic E-state index is 12.3. The van der Waals surface area contributed by atoms with Crippen LogP contribution in [0, 0.1) is 11.8 Å². The smallest absolute Gasteiger partial charge is 0.240 e. The van der Waals surface area contributed by atoms with Gasteiger partial charge in [-0.3, -0.25) is 19.8 Å². The third-order valence-electron chi connectivity index (χ3n) is 4.63. The minimum atomic E-state index is -0.0905. The molecule has 2 amide bonds. The summed E-state index contributed by atoms with van der Waals surface area (Å²) in [5.74, 6) is 0.756. The lowest BCUT2D eigenvalue weighted by Crippen LogP contribution is -2.52. The number of carbonyl (C=O) groups is 2. The molecule has 1 aliphatic rings. The second kappa shape index (κ2) is 10.7. The molecule has 1 aliphatic heterocycles. The van der Waals surface area contributed by atoms with Gasteiger partial charge < -0.3 is 10.1 Å². The Balaban J connectivity index is 1.80. The second-order valence-electron chi connectivity index (χ2n) is 7.45. The monoisotopic (exact) mass is 397 g/mol. The number of methoxy groups -OCH3 is 1. The van der Waals surface area contributed by atoms with Crippen molar-refractivity contribution in [1.29, 1.82) is 0 Å². The number of ether oxygens (including phenoxy) is 1. The summed E-state index contributed by atoms with van der Waals surface area (Å²) in [7, 11) is 1.60. The van der Waals surface area contributed by atoms with Crippen molar-refractivity contribution in [2.75, 3.05) is 32.1 Å². The molecule has 1 aromatic rings. The summed E-state index contributed by atoms with van der Waals surface area (Å²) in [5.41, 5.74) is 0. The molecule has 9 heteroatoms. The van der Waals surface area contributed by atoms with Gasteiger partial charge in [-0.25, -0.2) is 0 Å². The average molecular weight is 398 g/mol. The molecule has 2 heterocycles. The normalized spacial score (nSPS) is 20.6. The topological polar surface area (TPSA) is 96.5 Å². The highest BCUT2D eigenvalue weighted by Crippen LogP contribution is 2.21. The molecule has 2 N–H and O–H groups in total. The van der Waals surface area contributed by atoms with Crippen LogP contribution in [-0.2, 0) is 20.9 Å². The van der Waals surface area contributed by atoms with Gasteiger partial charge in [-0.15, -0.1) is 10.2 Å². The van der Waals surface area contributed by atoms with Gasteiger partial charge in [0.25, 0.3) is 0 Å². The van der Waals surface area contributed by atoms with Gasteiger partial charge in [-0.2, -0.15) is 0 Å². The van der Waals surface area contributed by atoms with Crippen LogP contribution in [0.15, 0.2) is 0 Å². The van der Waals surface area contributed by atoms with Gasteiger partial charge in [0.15, 0.2) is 0 Å². The molecule has 0 saturated carbocycles. The second-order valence-corrected chi connectivity index (χ2v) is 8.51. The Morgan fingerprint density at radius 3 is 2.78 bits per heavy atom. The Morgan fingerprint density at radius 1 is 1.33 bits per heavy atom. The van der Waals surface area contributed by atoms with E-state index in [-0.39, 0.29) is 17.9 Å². The van der Waals surface area contributed by atoms with Gasteiger partial charge in [0.05, 0.1) is 6.54 Å². The molecule has 0 unspecified atom stereocenters. The average Bonchev–Trinajstić information content (AvgIpc) is 3.02. The summed E-state index contributed by atoms with van der Waals surface area (Å²) in [6.07, 6.45) is 2.40. The zero-order chi connectivity index (χ0) is 19.8. The van der Waals surface area contributed by atoms with Crippen molar-refractivity contribution in [2.45, 2.75) is 52.7 Å². The van der Waals surface area contributed by atoms with Gasteiger partial charge >= 0.3 is 0 Å². The lowest BCUT2D eigenvalue weighted by molar-refractivity contribution is -0.124. The number of likely N-dealkylation sites (tertiary alicyclic amines) is 1. The highest BCUT2D eigenvalue weighted by Gasteiger charge is 2.30. The van der Waals surface area contributed by atoms with E-state index in [1.807, 2.05) is 13.8 Å². The number of rotatable bonds is 9. The van der Waals surface area contributed by atoms with Gasteiger partial charge in [0.1, 0.15) is 11.6 Å². The predicted octanol–water partition coefficient (Wildman–Crippen LogP) is 1.89. The number of nitrogens with one attached hydrogen (secondary N) is 2. The zero-order valence-corrected chi connectivity index (χ0v) is 17.5. The largest absolute Gasteiger partial charge is 0.377 e. The van der Waals surface area contributed by atoms with Gasteiger partial charge in [-0.05, 0) is 18.3 Å². The molecular formula is C18H31N5O3S. The Kier molecular flexibility index (Phi) is 8.59. The van der Waals surface area contributed by atoms with E-state index in [9.17, 15) is 9.59 Å². The fourth-order valence-corrected chi connectivity index (χ4v) is 4.07. The number of hydrogen-bond donors (Lipinski definition) is 2. The number of piperidine rings is 1. The number of carbonyl (C=O) groups excluding carboxylic acids is 2. The van der Waals surface area contributed by atoms with E-state index in [1.165, 1.54) is 11.3 Å². The van der Waals surface area contributed by atoms with Crippen LogP contribution in [0.4, 0.5) is 5.13 Å². The number of amides is 2. The van der Waals surface area contributed by atoms with Crippen molar-refractivity contribution in [2.24, 2.45) is 11.8 Å². The standard InChI is InChI=1S/C18H31N5O3S/c1-5-13-9-23(7-6-14(13)19-15(24)8-12(2)3)10-16(25)20-18-22-21-17(27-18)11-26-4/h12-14H,5-11H2,1-4H3,(H,19,24)(H,20,22,25)/t13-,14+/m1/s1. The highest BCUT2D eigenvalue weighted by atomic mass is 32.1. The van der Waals surface area contributed by atoms with Crippen molar-refractivity contribution >= 4 is 28.3 Å². The summed E-state index contributed by atoms with van der Waals surface area (Å²) in [5, 5.41) is 15.1. The fraction of sp³-hybridized carbons (Fsp3) is 0.778. The first-order chi connectivity index (χ1) is 12.9. The first-order valence-electron chi connectivity index (χ1n) is 9.54. The van der Waals surface area contributed by atoms with Crippen LogP contribution >= 0.6 is 11.3 Å². The van der Waals surface area contributed by atoms with Crippen molar-refractivity contribution in [1.82, 2.24) is 20.4 Å². The van der Waals surface area contributed by atoms with Crippen LogP contribution < -0.4 is 10.6 Å². The van der Waals surface area contributed by atoms with Crippen LogP contribution in [0.1, 0.15) is 45.0 Å². The van der Waals surface area contributed by atoms with E-state index in [2.05, 4.69) is 32.7 Å². The van der Waals surface area contributed by atoms with Crippen LogP contribution in [-0.4, -0.2) is 59.7 Å². The molecule has 0 spiro atoms. The fourth-order valence-electron chi connectivity index (χ4n) is 3.34. The predicted molar refractivity (Wildman–Crippen MR) is 105 cm³/mol. The quantitative estimate of drug-likeness (QED) is 0.660. The molecule has 2 atom stereocenters. The van der Waals surface area contributed by atoms with Gasteiger partial charge in [0, 0.05) is 32.7 Å². The van der Waals surface area contributed by atoms with E-state index >= 15 is 0 Å². The number of anilines is 1. The summed E-state index contributed by atoms with van der Waals surface area (Å²) < 4.78 is 5.01. The number of hydrogen-bond acceptors (Lipinski definition) is 7. The molecule has 1 fully saturated rings. The highest BCUT2D eigenvalue weighted by molar-refractivity contribution is 7.15. The van der Waals surface area contributed by atoms with Crippen molar-refractivity contribution in [3.8, 4) is 0 Å². The molecule has 0 aliphatic carbocycles. The Hall–Kier alpha value is -1.58. The molecule has 1 saturated heterocycles. The van der Waals surface area contributed by atoms with Crippen LogP contribution in [0.25, 0.3) is 0 Å². The summed E-state index contributed by atoms with van der Waals surface area (Å²) in [6.45, 7) is 8.55. The Labute approximate surface area is 165 Å². The van der Waals surface area contributed by atoms with Crippen LogP contribution in [0.2, 0.25) is 0 Å². The molecule has 0 aromatic carbocycles. The molecular weight excluding hydrogens is 366 g/mol. The molecule has 1 aromatic heterocycles. The molecule has 8 nitrogen and oxygen atoms in total. The zero-order valence-electron chi connectivity index (χ0n) is 16.7. The van der Waals surface area contributed by atoms with Crippen molar-refractivity contribution in [3.05, 3.63) is 5.01 Å². The molecule has 152 valence electrons. The van der Waals surface area contributed by atoms with Crippen molar-refractivity contribution in [3.63, 3.8) is 0 Å². The van der Waals surface area contributed by atoms with E-state index in [0.717, 1.165) is 30.9 Å². The Morgan fingerprint density at radius 2 is 2.11 bits per heavy atom. The van der Waals surface area contributed by atoms with E-state index in [0.29, 0.717) is 36.5 Å². The lowest BCUT2D eigenvalue weighted by Gasteiger charge is -2.38. The van der Waals surface area contributed by atoms with Crippen LogP contribution in [0.5, 0.6) is 0 Å². The summed E-state index contributed by atoms with van der Waals surface area (Å²) in [4.78, 5) is 26.5. The minimum absolute atomic E-state index is 0.0905. The third-order valence-corrected chi connectivity index (χ3v) is 5.44. The number of nitrogens with zero attached hydrogens (tertiary/aromatic N) is 3. The Bertz CT molecular complexity index is 622. The molecule has 27 heavy (non-hydrogen) atoms. The molecule has 2 rings (SSSR count). The van der Waals surface area contributed by atoms with Crippen molar-refractivity contribution < 1.29 is 14.3 Å². The maximum Gasteiger partial charge on any atom is 0.240 e. The summed E-state index contributed by atoms with van der Waals surface area (Å²) in [6, 6.07) is 0.195. The first kappa shape index (κ1) is 21.7. The van der Waals surface area contributed by atoms with E-state index < -0.39 is 0 Å². The van der Waals surface area contributed by atoms with E-state index in [4.69, 9.17) is 4.74 Å². The summed E-state index contributed by atoms with van der Waals surface area (Å²) >= 11 is 1.32. The molecule has 0 bridgehead atoms.